The third kappa shape index (κ3) is 4.42. The summed E-state index contributed by atoms with van der Waals surface area (Å²) >= 11 is 0. The molecule has 3 heteroatoms. The fourth-order valence-corrected chi connectivity index (χ4v) is 1.45. The molecule has 1 aromatic carbocycles. The molecule has 3 nitrogen and oxygen atoms in total. The van der Waals surface area contributed by atoms with Gasteiger partial charge < -0.3 is 11.5 Å². The van der Waals surface area contributed by atoms with Crippen molar-refractivity contribution < 1.29 is 0 Å². The zero-order valence-electron chi connectivity index (χ0n) is 9.45. The molecule has 15 heavy (non-hydrogen) atoms. The molecule has 0 aliphatic carbocycles. The number of nitrogens with zero attached hydrogens (tertiary/aromatic N) is 1. The molecule has 1 rings (SSSR count). The maximum atomic E-state index is 5.51. The normalized spacial score (nSPS) is 10.9. The van der Waals surface area contributed by atoms with Crippen LogP contribution in [-0.2, 0) is 12.8 Å². The van der Waals surface area contributed by atoms with Gasteiger partial charge in [0.05, 0.1) is 0 Å². The standard InChI is InChI=1S/C12H21N3/c1-15(10-14)9-7-12-4-2-11(3-5-12)6-8-13/h2-5H,6-10,13-14H2,1H3. The molecule has 4 N–H and O–H groups in total. The van der Waals surface area contributed by atoms with Crippen molar-refractivity contribution in [1.29, 1.82) is 0 Å². The monoisotopic (exact) mass is 207 g/mol. The van der Waals surface area contributed by atoms with Crippen molar-refractivity contribution in [1.82, 2.24) is 4.90 Å². The van der Waals surface area contributed by atoms with E-state index in [0.29, 0.717) is 6.67 Å². The van der Waals surface area contributed by atoms with E-state index in [4.69, 9.17) is 11.5 Å². The van der Waals surface area contributed by atoms with Gasteiger partial charge in [-0.05, 0) is 37.6 Å². The molecule has 0 aromatic heterocycles. The van der Waals surface area contributed by atoms with Gasteiger partial charge in [-0.15, -0.1) is 0 Å². The summed E-state index contributed by atoms with van der Waals surface area (Å²) in [7, 11) is 2.03. The zero-order chi connectivity index (χ0) is 11.1. The van der Waals surface area contributed by atoms with Crippen LogP contribution in [0.15, 0.2) is 24.3 Å². The summed E-state index contributed by atoms with van der Waals surface area (Å²) in [6, 6.07) is 8.67. The van der Waals surface area contributed by atoms with E-state index in [1.165, 1.54) is 11.1 Å². The average Bonchev–Trinajstić information content (AvgIpc) is 2.28. The molecule has 0 aliphatic rings. The summed E-state index contributed by atoms with van der Waals surface area (Å²) in [4.78, 5) is 2.10. The van der Waals surface area contributed by atoms with Crippen LogP contribution in [0, 0.1) is 0 Å². The molecule has 0 spiro atoms. The van der Waals surface area contributed by atoms with Gasteiger partial charge >= 0.3 is 0 Å². The van der Waals surface area contributed by atoms with Crippen molar-refractivity contribution in [3.05, 3.63) is 35.4 Å². The second-order valence-corrected chi connectivity index (χ2v) is 3.87. The topological polar surface area (TPSA) is 55.3 Å². The minimum absolute atomic E-state index is 0.616. The average molecular weight is 207 g/mol. The number of rotatable bonds is 6. The summed E-state index contributed by atoms with van der Waals surface area (Å²) in [5.74, 6) is 0. The lowest BCUT2D eigenvalue weighted by Crippen LogP contribution is -2.27. The van der Waals surface area contributed by atoms with Gasteiger partial charge in [0.2, 0.25) is 0 Å². The minimum atomic E-state index is 0.616. The molecule has 0 heterocycles. The lowest BCUT2D eigenvalue weighted by atomic mass is 10.1. The van der Waals surface area contributed by atoms with Crippen molar-refractivity contribution in [2.75, 3.05) is 26.8 Å². The summed E-state index contributed by atoms with van der Waals surface area (Å²) in [6.07, 6.45) is 2.01. The van der Waals surface area contributed by atoms with Crippen LogP contribution in [-0.4, -0.2) is 31.7 Å². The first kappa shape index (κ1) is 12.2. The zero-order valence-corrected chi connectivity index (χ0v) is 9.45. The Hall–Kier alpha value is -0.900. The Labute approximate surface area is 92.1 Å². The molecule has 0 fully saturated rings. The van der Waals surface area contributed by atoms with E-state index < -0.39 is 0 Å². The Bertz CT molecular complexity index is 269. The quantitative estimate of drug-likeness (QED) is 0.671. The fourth-order valence-electron chi connectivity index (χ4n) is 1.45. The van der Waals surface area contributed by atoms with E-state index in [2.05, 4.69) is 29.2 Å². The minimum Gasteiger partial charge on any atom is -0.330 e. The van der Waals surface area contributed by atoms with Crippen molar-refractivity contribution in [2.45, 2.75) is 12.8 Å². The van der Waals surface area contributed by atoms with E-state index in [0.717, 1.165) is 25.9 Å². The highest BCUT2D eigenvalue weighted by atomic mass is 15.1. The number of nitrogens with two attached hydrogens (primary N) is 2. The van der Waals surface area contributed by atoms with Crippen LogP contribution in [0.25, 0.3) is 0 Å². The first-order valence-electron chi connectivity index (χ1n) is 5.42. The second kappa shape index (κ2) is 6.56. The van der Waals surface area contributed by atoms with Crippen LogP contribution in [0.5, 0.6) is 0 Å². The van der Waals surface area contributed by atoms with Crippen LogP contribution in [0.2, 0.25) is 0 Å². The van der Waals surface area contributed by atoms with Gasteiger partial charge in [-0.2, -0.15) is 0 Å². The van der Waals surface area contributed by atoms with Crippen LogP contribution >= 0.6 is 0 Å². The summed E-state index contributed by atoms with van der Waals surface area (Å²) in [5, 5.41) is 0. The molecule has 0 saturated heterocycles. The first-order chi connectivity index (χ1) is 7.26. The number of hydrogen-bond acceptors (Lipinski definition) is 3. The number of likely N-dealkylation sites (N-methyl/N-ethyl adjacent to an activating group) is 1. The predicted octanol–water partition coefficient (Wildman–Crippen LogP) is 0.578. The maximum absolute atomic E-state index is 5.51. The Morgan fingerprint density at radius 3 is 2.00 bits per heavy atom. The van der Waals surface area contributed by atoms with Crippen LogP contribution in [0.3, 0.4) is 0 Å². The number of hydrogen-bond donors (Lipinski definition) is 2. The van der Waals surface area contributed by atoms with E-state index >= 15 is 0 Å². The lowest BCUT2D eigenvalue weighted by molar-refractivity contribution is 0.349. The SMILES string of the molecule is CN(CN)CCc1ccc(CCN)cc1. The predicted molar refractivity (Wildman–Crippen MR) is 64.6 cm³/mol. The first-order valence-corrected chi connectivity index (χ1v) is 5.42. The van der Waals surface area contributed by atoms with Gasteiger partial charge in [-0.1, -0.05) is 24.3 Å². The van der Waals surface area contributed by atoms with Crippen molar-refractivity contribution in [2.24, 2.45) is 11.5 Å². The smallest absolute Gasteiger partial charge is 0.0452 e. The van der Waals surface area contributed by atoms with Crippen molar-refractivity contribution >= 4 is 0 Å². The van der Waals surface area contributed by atoms with Gasteiger partial charge in [0.15, 0.2) is 0 Å². The Balaban J connectivity index is 2.42. The van der Waals surface area contributed by atoms with Crippen LogP contribution in [0.1, 0.15) is 11.1 Å². The molecule has 0 aliphatic heterocycles. The second-order valence-electron chi connectivity index (χ2n) is 3.87. The highest BCUT2D eigenvalue weighted by Gasteiger charge is 1.97. The third-order valence-corrected chi connectivity index (χ3v) is 2.55. The molecular weight excluding hydrogens is 186 g/mol. The van der Waals surface area contributed by atoms with E-state index in [9.17, 15) is 0 Å². The van der Waals surface area contributed by atoms with Gasteiger partial charge in [0, 0.05) is 13.2 Å². The van der Waals surface area contributed by atoms with E-state index in [1.807, 2.05) is 7.05 Å². The van der Waals surface area contributed by atoms with Crippen molar-refractivity contribution in [3.8, 4) is 0 Å². The fraction of sp³-hybridized carbons (Fsp3) is 0.500. The lowest BCUT2D eigenvalue weighted by Gasteiger charge is -2.13. The molecule has 0 radical (unpaired) electrons. The third-order valence-electron chi connectivity index (χ3n) is 2.55. The largest absolute Gasteiger partial charge is 0.330 e. The van der Waals surface area contributed by atoms with E-state index in [-0.39, 0.29) is 0 Å². The van der Waals surface area contributed by atoms with Crippen LogP contribution < -0.4 is 11.5 Å². The molecule has 1 aromatic rings. The van der Waals surface area contributed by atoms with Gasteiger partial charge in [-0.25, -0.2) is 0 Å². The molecule has 0 bridgehead atoms. The van der Waals surface area contributed by atoms with Gasteiger partial charge in [0.1, 0.15) is 0 Å². The molecule has 0 amide bonds. The Kier molecular flexibility index (Phi) is 5.32. The maximum Gasteiger partial charge on any atom is 0.0452 e. The highest BCUT2D eigenvalue weighted by Crippen LogP contribution is 2.05. The van der Waals surface area contributed by atoms with E-state index in [1.54, 1.807) is 0 Å². The summed E-state index contributed by atoms with van der Waals surface area (Å²) < 4.78 is 0. The summed E-state index contributed by atoms with van der Waals surface area (Å²) in [6.45, 7) is 2.34. The summed E-state index contributed by atoms with van der Waals surface area (Å²) in [5.41, 5.74) is 13.7. The molecule has 84 valence electrons. The van der Waals surface area contributed by atoms with Gasteiger partial charge in [0.25, 0.3) is 0 Å². The van der Waals surface area contributed by atoms with Crippen molar-refractivity contribution in [3.63, 3.8) is 0 Å². The molecule has 0 saturated carbocycles. The highest BCUT2D eigenvalue weighted by molar-refractivity contribution is 5.23. The Morgan fingerprint density at radius 2 is 1.53 bits per heavy atom. The molecule has 0 atom stereocenters. The molecule has 0 unspecified atom stereocenters. The Morgan fingerprint density at radius 1 is 1.00 bits per heavy atom. The van der Waals surface area contributed by atoms with Crippen LogP contribution in [0.4, 0.5) is 0 Å². The number of benzene rings is 1. The molecular formula is C12H21N3. The van der Waals surface area contributed by atoms with Gasteiger partial charge in [-0.3, -0.25) is 4.90 Å².